The zero-order valence-electron chi connectivity index (χ0n) is 18.9. The van der Waals surface area contributed by atoms with Gasteiger partial charge in [0.05, 0.1) is 19.8 Å². The van der Waals surface area contributed by atoms with Crippen LogP contribution in [0.5, 0.6) is 0 Å². The lowest BCUT2D eigenvalue weighted by Crippen LogP contribution is -2.47. The van der Waals surface area contributed by atoms with Crippen molar-refractivity contribution >= 4 is 19.6 Å². The van der Waals surface area contributed by atoms with Crippen molar-refractivity contribution in [2.24, 2.45) is 0 Å². The Hall–Kier alpha value is -2.39. The molecule has 1 aromatic rings. The predicted molar refractivity (Wildman–Crippen MR) is 115 cm³/mol. The van der Waals surface area contributed by atoms with E-state index in [4.69, 9.17) is 18.7 Å². The van der Waals surface area contributed by atoms with Crippen LogP contribution in [0.4, 0.5) is 0 Å². The van der Waals surface area contributed by atoms with Crippen LogP contribution in [0.2, 0.25) is 0 Å². The quantitative estimate of drug-likeness (QED) is 0.153. The van der Waals surface area contributed by atoms with Gasteiger partial charge in [-0.15, -0.1) is 0 Å². The van der Waals surface area contributed by atoms with Crippen LogP contribution in [0.25, 0.3) is 0 Å². The van der Waals surface area contributed by atoms with Gasteiger partial charge in [0.2, 0.25) is 0 Å². The van der Waals surface area contributed by atoms with E-state index >= 15 is 0 Å². The highest BCUT2D eigenvalue weighted by Crippen LogP contribution is 2.41. The van der Waals surface area contributed by atoms with Gasteiger partial charge in [0.1, 0.15) is 30.9 Å². The molecule has 192 valence electrons. The molecule has 34 heavy (non-hydrogen) atoms. The highest BCUT2D eigenvalue weighted by Gasteiger charge is 2.53. The van der Waals surface area contributed by atoms with Gasteiger partial charge in [-0.3, -0.25) is 28.5 Å². The minimum absolute atomic E-state index is 0.0879. The highest BCUT2D eigenvalue weighted by atomic mass is 31.2. The normalized spacial score (nSPS) is 24.7. The smallest absolute Gasteiger partial charge is 0.341 e. The Kier molecular flexibility index (Phi) is 9.70. The summed E-state index contributed by atoms with van der Waals surface area (Å²) in [6.45, 7) is 2.91. The molecule has 0 unspecified atom stereocenters. The number of nitrogens with one attached hydrogen (secondary N) is 3. The topological polar surface area (TPSA) is 208 Å². The molecule has 1 fully saturated rings. The molecular formula is C18H29N4O11P. The molecular weight excluding hydrogens is 479 g/mol. The van der Waals surface area contributed by atoms with Crippen molar-refractivity contribution in [1.82, 2.24) is 19.7 Å². The molecule has 1 aliphatic rings. The minimum atomic E-state index is -4.09. The molecule has 5 N–H and O–H groups in total. The van der Waals surface area contributed by atoms with E-state index < -0.39 is 74.6 Å². The Morgan fingerprint density at radius 3 is 2.26 bits per heavy atom. The lowest BCUT2D eigenvalue weighted by molar-refractivity contribution is -0.142. The molecule has 1 saturated heterocycles. The molecule has 1 aromatic heterocycles. The Bertz CT molecular complexity index is 998. The summed E-state index contributed by atoms with van der Waals surface area (Å²) in [4.78, 5) is 48.7. The molecule has 0 aliphatic carbocycles. The first-order chi connectivity index (χ1) is 15.9. The number of ether oxygens (including phenoxy) is 3. The number of carbonyl (C=O) groups is 2. The molecule has 15 nitrogen and oxygen atoms in total. The fourth-order valence-corrected chi connectivity index (χ4v) is 4.40. The number of hydrogen-bond acceptors (Lipinski definition) is 11. The van der Waals surface area contributed by atoms with Gasteiger partial charge in [-0.2, -0.15) is 0 Å². The molecule has 1 aliphatic heterocycles. The molecule has 0 spiro atoms. The largest absolute Gasteiger partial charge is 0.465 e. The molecule has 2 rings (SSSR count). The summed E-state index contributed by atoms with van der Waals surface area (Å²) in [5.74, 6) is -1.47. The van der Waals surface area contributed by atoms with Gasteiger partial charge in [-0.25, -0.2) is 15.0 Å². The SMILES string of the molecule is CCOC(=O)CNP(=O)(NCC(=O)OCC)OC[C@H]1O[C@@H](n2ccc(=O)[nH]c2=O)[C@](C)(O)[C@@H]1O. The molecule has 2 heterocycles. The Balaban J connectivity index is 2.14. The van der Waals surface area contributed by atoms with Crippen molar-refractivity contribution in [2.75, 3.05) is 32.9 Å². The Morgan fingerprint density at radius 1 is 1.21 bits per heavy atom. The van der Waals surface area contributed by atoms with Crippen LogP contribution in [-0.2, 0) is 32.9 Å². The third-order valence-corrected chi connectivity index (χ3v) is 6.41. The van der Waals surface area contributed by atoms with E-state index in [-0.39, 0.29) is 13.2 Å². The van der Waals surface area contributed by atoms with Gasteiger partial charge >= 0.3 is 25.3 Å². The average Bonchev–Trinajstić information content (AvgIpc) is 2.99. The second kappa shape index (κ2) is 11.8. The van der Waals surface area contributed by atoms with Crippen LogP contribution in [0, 0.1) is 0 Å². The van der Waals surface area contributed by atoms with Crippen molar-refractivity contribution in [3.8, 4) is 0 Å². The van der Waals surface area contributed by atoms with Crippen molar-refractivity contribution in [2.45, 2.75) is 44.8 Å². The minimum Gasteiger partial charge on any atom is -0.465 e. The van der Waals surface area contributed by atoms with E-state index in [2.05, 4.69) is 10.2 Å². The van der Waals surface area contributed by atoms with Gasteiger partial charge in [0.15, 0.2) is 6.23 Å². The molecule has 0 amide bonds. The first-order valence-corrected chi connectivity index (χ1v) is 12.0. The summed E-state index contributed by atoms with van der Waals surface area (Å²) in [7, 11) is -4.09. The second-order valence-electron chi connectivity index (χ2n) is 7.34. The molecule has 16 heteroatoms. The molecule has 0 radical (unpaired) electrons. The van der Waals surface area contributed by atoms with Gasteiger partial charge in [-0.05, 0) is 20.8 Å². The van der Waals surface area contributed by atoms with Gasteiger partial charge in [-0.1, -0.05) is 0 Å². The summed E-state index contributed by atoms with van der Waals surface area (Å²) in [5.41, 5.74) is -3.55. The van der Waals surface area contributed by atoms with Crippen molar-refractivity contribution in [3.05, 3.63) is 33.1 Å². The summed E-state index contributed by atoms with van der Waals surface area (Å²) < 4.78 is 34.4. The maximum absolute atomic E-state index is 13.1. The second-order valence-corrected chi connectivity index (χ2v) is 9.34. The van der Waals surface area contributed by atoms with E-state index in [0.29, 0.717) is 0 Å². The monoisotopic (exact) mass is 508 g/mol. The Labute approximate surface area is 193 Å². The number of carbonyl (C=O) groups excluding carboxylic acids is 2. The number of aromatic amines is 1. The molecule has 0 saturated carbocycles. The number of rotatable bonds is 12. The first-order valence-electron chi connectivity index (χ1n) is 10.4. The standard InChI is InChI=1S/C18H29N4O11P/c1-4-30-13(24)8-19-34(29,20-9-14(25)31-5-2)32-10-11-15(26)18(3,28)16(33-11)22-7-6-12(23)21-17(22)27/h6-7,11,15-16,26,28H,4-5,8-10H2,1-3H3,(H2,19,20,29)(H,21,23,27)/t11-,15-,16-,18-/m1/s1. The number of esters is 2. The predicted octanol–water partition coefficient (Wildman–Crippen LogP) is -2.02. The van der Waals surface area contributed by atoms with Crippen molar-refractivity contribution < 1.29 is 43.1 Å². The molecule has 0 bridgehead atoms. The van der Waals surface area contributed by atoms with Crippen LogP contribution in [0.1, 0.15) is 27.0 Å². The number of hydrogen-bond donors (Lipinski definition) is 5. The third kappa shape index (κ3) is 7.06. The maximum Gasteiger partial charge on any atom is 0.341 e. The third-order valence-electron chi connectivity index (χ3n) is 4.75. The van der Waals surface area contributed by atoms with Crippen LogP contribution >= 0.6 is 7.67 Å². The molecule has 4 atom stereocenters. The van der Waals surface area contributed by atoms with Crippen LogP contribution in [-0.4, -0.2) is 82.4 Å². The van der Waals surface area contributed by atoms with Gasteiger partial charge in [0, 0.05) is 12.3 Å². The fourth-order valence-electron chi connectivity index (χ4n) is 3.08. The van der Waals surface area contributed by atoms with E-state index in [1.54, 1.807) is 13.8 Å². The van der Waals surface area contributed by atoms with E-state index in [9.17, 15) is 34.0 Å². The average molecular weight is 508 g/mol. The Morgan fingerprint density at radius 2 is 1.76 bits per heavy atom. The summed E-state index contributed by atoms with van der Waals surface area (Å²) in [6.07, 6.45) is -3.23. The van der Waals surface area contributed by atoms with Gasteiger partial charge in [0.25, 0.3) is 5.56 Å². The summed E-state index contributed by atoms with van der Waals surface area (Å²) in [6, 6.07) is 1.03. The van der Waals surface area contributed by atoms with Crippen molar-refractivity contribution in [1.29, 1.82) is 0 Å². The van der Waals surface area contributed by atoms with Crippen LogP contribution in [0.3, 0.4) is 0 Å². The first kappa shape index (κ1) is 27.9. The number of nitrogens with zero attached hydrogens (tertiary/aromatic N) is 1. The lowest BCUT2D eigenvalue weighted by Gasteiger charge is -2.27. The number of aliphatic hydroxyl groups is 2. The summed E-state index contributed by atoms with van der Waals surface area (Å²) >= 11 is 0. The zero-order valence-corrected chi connectivity index (χ0v) is 19.8. The number of aromatic nitrogens is 2. The zero-order chi connectivity index (χ0) is 25.5. The fraction of sp³-hybridized carbons (Fsp3) is 0.667. The molecule has 0 aromatic carbocycles. The number of H-pyrrole nitrogens is 1. The van der Waals surface area contributed by atoms with E-state index in [0.717, 1.165) is 16.8 Å². The van der Waals surface area contributed by atoms with Crippen LogP contribution < -0.4 is 21.4 Å². The summed E-state index contributed by atoms with van der Waals surface area (Å²) in [5, 5.41) is 26.0. The number of aliphatic hydroxyl groups excluding tert-OH is 1. The van der Waals surface area contributed by atoms with E-state index in [1.807, 2.05) is 4.98 Å². The lowest BCUT2D eigenvalue weighted by atomic mass is 9.96. The van der Waals surface area contributed by atoms with Crippen LogP contribution in [0.15, 0.2) is 21.9 Å². The van der Waals surface area contributed by atoms with Gasteiger partial charge < -0.3 is 28.9 Å². The van der Waals surface area contributed by atoms with Crippen molar-refractivity contribution in [3.63, 3.8) is 0 Å². The maximum atomic E-state index is 13.1. The highest BCUT2D eigenvalue weighted by molar-refractivity contribution is 7.54. The van der Waals surface area contributed by atoms with E-state index in [1.165, 1.54) is 6.92 Å².